The van der Waals surface area contributed by atoms with Crippen LogP contribution in [0.15, 0.2) is 59.9 Å². The summed E-state index contributed by atoms with van der Waals surface area (Å²) in [5.74, 6) is 0. The lowest BCUT2D eigenvalue weighted by molar-refractivity contribution is 0.601. The molecule has 0 aliphatic carbocycles. The number of benzene rings is 1. The fourth-order valence-corrected chi connectivity index (χ4v) is 3.55. The maximum absolute atomic E-state index is 12.2. The highest BCUT2D eigenvalue weighted by atomic mass is 127. The van der Waals surface area contributed by atoms with Gasteiger partial charge in [0.05, 0.1) is 17.4 Å². The molecule has 5 nitrogen and oxygen atoms in total. The van der Waals surface area contributed by atoms with Crippen LogP contribution < -0.4 is 4.72 Å². The first-order valence-corrected chi connectivity index (χ1v) is 8.59. The summed E-state index contributed by atoms with van der Waals surface area (Å²) in [6.45, 7) is 0. The molecule has 0 spiro atoms. The summed E-state index contributed by atoms with van der Waals surface area (Å²) >= 11 is 2.20. The molecule has 0 saturated carbocycles. The van der Waals surface area contributed by atoms with Crippen molar-refractivity contribution in [2.24, 2.45) is 0 Å². The number of hydrogen-bond donors (Lipinski definition) is 1. The molecule has 106 valence electrons. The molecule has 0 bridgehead atoms. The number of nitrogens with one attached hydrogen (secondary N) is 1. The number of hydrogen-bond acceptors (Lipinski definition) is 4. The summed E-state index contributed by atoms with van der Waals surface area (Å²) in [6.07, 6.45) is 4.34. The molecule has 1 N–H and O–H groups in total. The Bertz CT molecular complexity index is 898. The summed E-state index contributed by atoms with van der Waals surface area (Å²) in [5.41, 5.74) is 1.27. The van der Waals surface area contributed by atoms with Crippen LogP contribution in [-0.2, 0) is 10.0 Å². The monoisotopic (exact) mass is 411 g/mol. The van der Waals surface area contributed by atoms with Gasteiger partial charge in [-0.3, -0.25) is 14.7 Å². The fraction of sp³-hybridized carbons (Fsp3) is 0. The van der Waals surface area contributed by atoms with E-state index in [2.05, 4.69) is 37.3 Å². The Morgan fingerprint density at radius 1 is 1.10 bits per heavy atom. The third kappa shape index (κ3) is 2.98. The van der Waals surface area contributed by atoms with Gasteiger partial charge in [-0.15, -0.1) is 0 Å². The summed E-state index contributed by atoms with van der Waals surface area (Å²) in [4.78, 5) is 8.25. The van der Waals surface area contributed by atoms with Crippen molar-refractivity contribution >= 4 is 49.2 Å². The topological polar surface area (TPSA) is 72.0 Å². The van der Waals surface area contributed by atoms with Gasteiger partial charge in [0.15, 0.2) is 0 Å². The van der Waals surface area contributed by atoms with Crippen molar-refractivity contribution in [1.29, 1.82) is 0 Å². The van der Waals surface area contributed by atoms with Gasteiger partial charge in [-0.25, -0.2) is 8.42 Å². The maximum atomic E-state index is 12.2. The number of anilines is 1. The first-order chi connectivity index (χ1) is 10.1. The second kappa shape index (κ2) is 5.57. The van der Waals surface area contributed by atoms with Gasteiger partial charge in [0.2, 0.25) is 0 Å². The van der Waals surface area contributed by atoms with E-state index in [1.165, 1.54) is 24.7 Å². The van der Waals surface area contributed by atoms with Gasteiger partial charge >= 0.3 is 0 Å². The van der Waals surface area contributed by atoms with Gasteiger partial charge in [0.25, 0.3) is 10.0 Å². The summed E-state index contributed by atoms with van der Waals surface area (Å²) in [6, 6.07) is 10.6. The molecule has 7 heteroatoms. The molecule has 3 rings (SSSR count). The number of fused-ring (bicyclic) bond motifs is 1. The zero-order valence-electron chi connectivity index (χ0n) is 10.7. The van der Waals surface area contributed by atoms with E-state index in [-0.39, 0.29) is 4.90 Å². The van der Waals surface area contributed by atoms with E-state index in [0.29, 0.717) is 5.69 Å². The van der Waals surface area contributed by atoms with Crippen LogP contribution >= 0.6 is 22.6 Å². The van der Waals surface area contributed by atoms with E-state index in [4.69, 9.17) is 0 Å². The van der Waals surface area contributed by atoms with Crippen molar-refractivity contribution < 1.29 is 8.42 Å². The molecule has 0 saturated heterocycles. The van der Waals surface area contributed by atoms with Crippen LogP contribution in [0.4, 0.5) is 5.69 Å². The van der Waals surface area contributed by atoms with E-state index in [1.807, 2.05) is 18.2 Å². The Labute approximate surface area is 135 Å². The van der Waals surface area contributed by atoms with Crippen LogP contribution in [0.1, 0.15) is 0 Å². The first-order valence-electron chi connectivity index (χ1n) is 6.03. The molecule has 3 aromatic rings. The Kier molecular flexibility index (Phi) is 3.77. The van der Waals surface area contributed by atoms with Crippen molar-refractivity contribution in [2.45, 2.75) is 4.90 Å². The molecule has 2 heterocycles. The Morgan fingerprint density at radius 3 is 2.71 bits per heavy atom. The van der Waals surface area contributed by atoms with Crippen LogP contribution in [0.3, 0.4) is 0 Å². The third-order valence-corrected chi connectivity index (χ3v) is 5.10. The first kappa shape index (κ1) is 14.2. The quantitative estimate of drug-likeness (QED) is 0.673. The van der Waals surface area contributed by atoms with Crippen molar-refractivity contribution in [3.8, 4) is 0 Å². The van der Waals surface area contributed by atoms with E-state index in [1.54, 1.807) is 12.1 Å². The van der Waals surface area contributed by atoms with Crippen LogP contribution in [0.25, 0.3) is 10.9 Å². The number of sulfonamides is 1. The molecule has 21 heavy (non-hydrogen) atoms. The van der Waals surface area contributed by atoms with Crippen LogP contribution in [0, 0.1) is 3.57 Å². The van der Waals surface area contributed by atoms with Crippen LogP contribution in [0.2, 0.25) is 0 Å². The second-order valence-corrected chi connectivity index (χ2v) is 7.17. The SMILES string of the molecule is O=S(=O)(Nc1cnc2c(I)cccc2c1)c1cccnc1. The fourth-order valence-electron chi connectivity index (χ4n) is 1.90. The number of rotatable bonds is 3. The Morgan fingerprint density at radius 2 is 1.95 bits per heavy atom. The lowest BCUT2D eigenvalue weighted by Gasteiger charge is -2.08. The molecule has 1 aromatic carbocycles. The van der Waals surface area contributed by atoms with Gasteiger partial charge in [-0.1, -0.05) is 12.1 Å². The van der Waals surface area contributed by atoms with E-state index in [0.717, 1.165) is 14.5 Å². The van der Waals surface area contributed by atoms with Gasteiger partial charge in [0.1, 0.15) is 4.90 Å². The molecular weight excluding hydrogens is 401 g/mol. The molecule has 2 aromatic heterocycles. The van der Waals surface area contributed by atoms with Crippen molar-refractivity contribution in [2.75, 3.05) is 4.72 Å². The molecule has 0 unspecified atom stereocenters. The maximum Gasteiger partial charge on any atom is 0.263 e. The minimum atomic E-state index is -3.65. The minimum absolute atomic E-state index is 0.118. The summed E-state index contributed by atoms with van der Waals surface area (Å²) in [7, 11) is -3.65. The lowest BCUT2D eigenvalue weighted by atomic mass is 10.2. The number of para-hydroxylation sites is 1. The molecule has 0 fully saturated rings. The largest absolute Gasteiger partial charge is 0.278 e. The molecule has 0 atom stereocenters. The van der Waals surface area contributed by atoms with Crippen LogP contribution in [-0.4, -0.2) is 18.4 Å². The van der Waals surface area contributed by atoms with Crippen molar-refractivity contribution in [3.63, 3.8) is 0 Å². The predicted octanol–water partition coefficient (Wildman–Crippen LogP) is 3.04. The van der Waals surface area contributed by atoms with Gasteiger partial charge in [0, 0.05) is 21.4 Å². The molecular formula is C14H10IN3O2S. The third-order valence-electron chi connectivity index (χ3n) is 2.86. The smallest absolute Gasteiger partial charge is 0.263 e. The van der Waals surface area contributed by atoms with Crippen LogP contribution in [0.5, 0.6) is 0 Å². The summed E-state index contributed by atoms with van der Waals surface area (Å²) < 4.78 is 28.0. The average molecular weight is 411 g/mol. The number of nitrogens with zero attached hydrogens (tertiary/aromatic N) is 2. The Balaban J connectivity index is 1.99. The standard InChI is InChI=1S/C14H10IN3O2S/c15-13-5-1-3-10-7-11(8-17-14(10)13)18-21(19,20)12-4-2-6-16-9-12/h1-9,18H. The van der Waals surface area contributed by atoms with Gasteiger partial charge in [-0.05, 0) is 46.9 Å². The normalized spacial score (nSPS) is 11.5. The molecule has 0 amide bonds. The van der Waals surface area contributed by atoms with Crippen molar-refractivity contribution in [1.82, 2.24) is 9.97 Å². The zero-order chi connectivity index (χ0) is 14.9. The molecule has 0 radical (unpaired) electrons. The number of aromatic nitrogens is 2. The highest BCUT2D eigenvalue weighted by molar-refractivity contribution is 14.1. The average Bonchev–Trinajstić information content (AvgIpc) is 2.48. The predicted molar refractivity (Wildman–Crippen MR) is 89.5 cm³/mol. The summed E-state index contributed by atoms with van der Waals surface area (Å²) in [5, 5.41) is 0.883. The second-order valence-electron chi connectivity index (χ2n) is 4.33. The molecule has 0 aliphatic heterocycles. The van der Waals surface area contributed by atoms with E-state index >= 15 is 0 Å². The van der Waals surface area contributed by atoms with Gasteiger partial charge < -0.3 is 0 Å². The highest BCUT2D eigenvalue weighted by Gasteiger charge is 2.14. The van der Waals surface area contributed by atoms with E-state index < -0.39 is 10.0 Å². The zero-order valence-corrected chi connectivity index (χ0v) is 13.7. The van der Waals surface area contributed by atoms with Crippen molar-refractivity contribution in [3.05, 3.63) is 58.6 Å². The minimum Gasteiger partial charge on any atom is -0.278 e. The van der Waals surface area contributed by atoms with Gasteiger partial charge in [-0.2, -0.15) is 0 Å². The lowest BCUT2D eigenvalue weighted by Crippen LogP contribution is -2.13. The number of pyridine rings is 2. The van der Waals surface area contributed by atoms with E-state index in [9.17, 15) is 8.42 Å². The highest BCUT2D eigenvalue weighted by Crippen LogP contribution is 2.22. The number of halogens is 1. The Hall–Kier alpha value is -1.74. The molecule has 0 aliphatic rings.